The van der Waals surface area contributed by atoms with Crippen LogP contribution >= 0.6 is 0 Å². The van der Waals surface area contributed by atoms with Gasteiger partial charge in [0.1, 0.15) is 23.4 Å². The van der Waals surface area contributed by atoms with Gasteiger partial charge in [-0.25, -0.2) is 4.79 Å². The van der Waals surface area contributed by atoms with Crippen molar-refractivity contribution in [1.29, 1.82) is 0 Å². The molecule has 0 aromatic heterocycles. The van der Waals surface area contributed by atoms with E-state index in [0.29, 0.717) is 11.3 Å². The van der Waals surface area contributed by atoms with Gasteiger partial charge in [0, 0.05) is 18.2 Å². The second-order valence-corrected chi connectivity index (χ2v) is 11.5. The molecule has 8 heteroatoms. The summed E-state index contributed by atoms with van der Waals surface area (Å²) in [7, 11) is 0. The van der Waals surface area contributed by atoms with E-state index in [4.69, 9.17) is 4.74 Å². The molecule has 0 saturated carbocycles. The zero-order valence-corrected chi connectivity index (χ0v) is 24.9. The number of phenols is 1. The zero-order valence-electron chi connectivity index (χ0n) is 24.9. The zero-order chi connectivity index (χ0) is 30.3. The average molecular weight is 560 g/mol. The van der Waals surface area contributed by atoms with Gasteiger partial charge in [0.05, 0.1) is 0 Å². The SMILES string of the molecule is Cc1ccccc1NC(=O)C(c1ccccc1C)N(C(=O)C(Cc1ccc(O)cc1)NC(=O)OC(C)(C)C)C(C)C. The van der Waals surface area contributed by atoms with Crippen LogP contribution in [0.2, 0.25) is 0 Å². The number of anilines is 1. The highest BCUT2D eigenvalue weighted by atomic mass is 16.6. The van der Waals surface area contributed by atoms with Crippen LogP contribution in [-0.2, 0) is 20.7 Å². The predicted molar refractivity (Wildman–Crippen MR) is 161 cm³/mol. The number of phenolic OH excluding ortho intramolecular Hbond substituents is 1. The summed E-state index contributed by atoms with van der Waals surface area (Å²) in [6, 6.07) is 18.9. The Bertz CT molecular complexity index is 1360. The van der Waals surface area contributed by atoms with Crippen molar-refractivity contribution in [3.8, 4) is 5.75 Å². The van der Waals surface area contributed by atoms with E-state index >= 15 is 0 Å². The summed E-state index contributed by atoms with van der Waals surface area (Å²) in [6.45, 7) is 12.7. The van der Waals surface area contributed by atoms with Gasteiger partial charge in [-0.05, 0) is 88.9 Å². The number of ether oxygens (including phenoxy) is 1. The maximum absolute atomic E-state index is 14.4. The molecule has 3 aromatic carbocycles. The first-order chi connectivity index (χ1) is 19.3. The molecule has 3 rings (SSSR count). The van der Waals surface area contributed by atoms with Gasteiger partial charge in [0.25, 0.3) is 5.91 Å². The lowest BCUT2D eigenvalue weighted by molar-refractivity contribution is -0.142. The molecule has 0 spiro atoms. The first kappa shape index (κ1) is 31.2. The third-order valence-electron chi connectivity index (χ3n) is 6.59. The Balaban J connectivity index is 2.07. The van der Waals surface area contributed by atoms with Crippen LogP contribution in [0.5, 0.6) is 5.75 Å². The molecule has 0 aliphatic heterocycles. The van der Waals surface area contributed by atoms with E-state index in [2.05, 4.69) is 10.6 Å². The fraction of sp³-hybridized carbons (Fsp3) is 0.364. The Labute approximate surface area is 242 Å². The van der Waals surface area contributed by atoms with E-state index in [-0.39, 0.29) is 18.1 Å². The van der Waals surface area contributed by atoms with Crippen LogP contribution in [0.25, 0.3) is 0 Å². The quantitative estimate of drug-likeness (QED) is 0.295. The molecule has 41 heavy (non-hydrogen) atoms. The van der Waals surface area contributed by atoms with Gasteiger partial charge in [-0.15, -0.1) is 0 Å². The van der Waals surface area contributed by atoms with Gasteiger partial charge in [0.2, 0.25) is 5.91 Å². The van der Waals surface area contributed by atoms with Crippen LogP contribution in [0.1, 0.15) is 62.9 Å². The monoisotopic (exact) mass is 559 g/mol. The van der Waals surface area contributed by atoms with Gasteiger partial charge in [-0.1, -0.05) is 54.6 Å². The van der Waals surface area contributed by atoms with Crippen molar-refractivity contribution in [2.45, 2.75) is 78.6 Å². The summed E-state index contributed by atoms with van der Waals surface area (Å²) in [5.41, 5.74) is 3.03. The standard InChI is InChI=1S/C33H41N3O5/c1-21(2)36(29(26-14-10-8-12-22(26)3)30(38)34-27-15-11-9-13-23(27)4)31(39)28(35-32(40)41-33(5,6)7)20-24-16-18-25(37)19-17-24/h8-19,21,28-29,37H,20H2,1-7H3,(H,34,38)(H,35,40). The number of nitrogens with one attached hydrogen (secondary N) is 2. The normalized spacial score (nSPS) is 12.8. The minimum Gasteiger partial charge on any atom is -0.508 e. The first-order valence-corrected chi connectivity index (χ1v) is 13.8. The summed E-state index contributed by atoms with van der Waals surface area (Å²) in [4.78, 5) is 42.9. The largest absolute Gasteiger partial charge is 0.508 e. The maximum Gasteiger partial charge on any atom is 0.408 e. The van der Waals surface area contributed by atoms with Gasteiger partial charge in [-0.3, -0.25) is 9.59 Å². The van der Waals surface area contributed by atoms with Crippen LogP contribution in [-0.4, -0.2) is 45.6 Å². The highest BCUT2D eigenvalue weighted by molar-refractivity contribution is 5.99. The number of benzene rings is 3. The van der Waals surface area contributed by atoms with E-state index in [0.717, 1.165) is 16.7 Å². The highest BCUT2D eigenvalue weighted by Crippen LogP contribution is 2.30. The molecule has 3 aromatic rings. The minimum absolute atomic E-state index is 0.0908. The van der Waals surface area contributed by atoms with Crippen LogP contribution in [0.15, 0.2) is 72.8 Å². The molecule has 0 radical (unpaired) electrons. The van der Waals surface area contributed by atoms with Gasteiger partial charge in [0.15, 0.2) is 0 Å². The fourth-order valence-electron chi connectivity index (χ4n) is 4.60. The second kappa shape index (κ2) is 13.4. The Kier molecular flexibility index (Phi) is 10.2. The first-order valence-electron chi connectivity index (χ1n) is 13.8. The molecular weight excluding hydrogens is 518 g/mol. The Morgan fingerprint density at radius 2 is 1.46 bits per heavy atom. The molecule has 0 bridgehead atoms. The van der Waals surface area contributed by atoms with E-state index in [1.54, 1.807) is 32.9 Å². The molecule has 0 heterocycles. The molecule has 2 atom stereocenters. The fourth-order valence-corrected chi connectivity index (χ4v) is 4.60. The number of aryl methyl sites for hydroxylation is 2. The van der Waals surface area contributed by atoms with E-state index in [1.165, 1.54) is 17.0 Å². The van der Waals surface area contributed by atoms with Gasteiger partial charge >= 0.3 is 6.09 Å². The van der Waals surface area contributed by atoms with Crippen molar-refractivity contribution >= 4 is 23.6 Å². The smallest absolute Gasteiger partial charge is 0.408 e. The molecule has 8 nitrogen and oxygen atoms in total. The number of aromatic hydroxyl groups is 1. The Morgan fingerprint density at radius 3 is 2.02 bits per heavy atom. The summed E-state index contributed by atoms with van der Waals surface area (Å²) in [5, 5.41) is 15.5. The molecule has 0 aliphatic carbocycles. The van der Waals surface area contributed by atoms with Crippen LogP contribution in [0.4, 0.5) is 10.5 Å². The third kappa shape index (κ3) is 8.58. The summed E-state index contributed by atoms with van der Waals surface area (Å²) >= 11 is 0. The second-order valence-electron chi connectivity index (χ2n) is 11.5. The number of carbonyl (C=O) groups is 3. The van der Waals surface area contributed by atoms with Crippen molar-refractivity contribution in [2.24, 2.45) is 0 Å². The Hall–Kier alpha value is -4.33. The molecule has 3 amide bonds. The maximum atomic E-state index is 14.4. The number of alkyl carbamates (subject to hydrolysis) is 1. The number of hydrogen-bond acceptors (Lipinski definition) is 5. The summed E-state index contributed by atoms with van der Waals surface area (Å²) in [6.07, 6.45) is -0.614. The lowest BCUT2D eigenvalue weighted by atomic mass is 9.95. The van der Waals surface area contributed by atoms with Crippen LogP contribution < -0.4 is 10.6 Å². The lowest BCUT2D eigenvalue weighted by Gasteiger charge is -2.38. The van der Waals surface area contributed by atoms with E-state index in [1.807, 2.05) is 76.2 Å². The number of nitrogens with zero attached hydrogens (tertiary/aromatic N) is 1. The molecule has 3 N–H and O–H groups in total. The molecule has 0 saturated heterocycles. The van der Waals surface area contributed by atoms with Crippen molar-refractivity contribution in [2.75, 3.05) is 5.32 Å². The lowest BCUT2D eigenvalue weighted by Crippen LogP contribution is -2.55. The van der Waals surface area contributed by atoms with Crippen molar-refractivity contribution in [3.05, 3.63) is 95.1 Å². The average Bonchev–Trinajstić information content (AvgIpc) is 2.88. The van der Waals surface area contributed by atoms with Crippen molar-refractivity contribution < 1.29 is 24.2 Å². The molecule has 0 fully saturated rings. The summed E-state index contributed by atoms with van der Waals surface area (Å²) in [5.74, 6) is -0.712. The number of carbonyl (C=O) groups excluding carboxylic acids is 3. The van der Waals surface area contributed by atoms with Crippen LogP contribution in [0.3, 0.4) is 0 Å². The molecule has 0 aliphatic rings. The Morgan fingerprint density at radius 1 is 0.878 bits per heavy atom. The van der Waals surface area contributed by atoms with Crippen LogP contribution in [0, 0.1) is 13.8 Å². The van der Waals surface area contributed by atoms with Crippen molar-refractivity contribution in [3.63, 3.8) is 0 Å². The number of hydrogen-bond donors (Lipinski definition) is 3. The van der Waals surface area contributed by atoms with Crippen molar-refractivity contribution in [1.82, 2.24) is 10.2 Å². The third-order valence-corrected chi connectivity index (χ3v) is 6.59. The summed E-state index contributed by atoms with van der Waals surface area (Å²) < 4.78 is 5.48. The molecular formula is C33H41N3O5. The van der Waals surface area contributed by atoms with E-state index in [9.17, 15) is 19.5 Å². The topological polar surface area (TPSA) is 108 Å². The van der Waals surface area contributed by atoms with Gasteiger partial charge in [-0.2, -0.15) is 0 Å². The number of rotatable bonds is 9. The molecule has 218 valence electrons. The minimum atomic E-state index is -1.05. The van der Waals surface area contributed by atoms with E-state index < -0.39 is 35.7 Å². The molecule has 2 unspecified atom stereocenters. The predicted octanol–water partition coefficient (Wildman–Crippen LogP) is 6.06. The van der Waals surface area contributed by atoms with Gasteiger partial charge < -0.3 is 25.4 Å². The highest BCUT2D eigenvalue weighted by Gasteiger charge is 2.38. The number of amides is 3. The number of para-hydroxylation sites is 1.